The quantitative estimate of drug-likeness (QED) is 0.460. The molecule has 0 atom stereocenters. The molecular weight excluding hydrogens is 200 g/mol. The van der Waals surface area contributed by atoms with Gasteiger partial charge in [-0.25, -0.2) is 0 Å². The van der Waals surface area contributed by atoms with Crippen molar-refractivity contribution in [2.45, 2.75) is 26.8 Å². The lowest BCUT2D eigenvalue weighted by atomic mass is 10.4. The minimum absolute atomic E-state index is 0.618. The SMILES string of the molecule is CCNCCSSCCNC(C)C. The van der Waals surface area contributed by atoms with Crippen LogP contribution >= 0.6 is 21.6 Å². The summed E-state index contributed by atoms with van der Waals surface area (Å²) in [6.07, 6.45) is 0. The molecule has 0 bridgehead atoms. The first kappa shape index (κ1) is 13.6. The van der Waals surface area contributed by atoms with Gasteiger partial charge >= 0.3 is 0 Å². The molecule has 0 aliphatic carbocycles. The van der Waals surface area contributed by atoms with E-state index in [0.717, 1.165) is 19.6 Å². The first-order valence-corrected chi connectivity index (χ1v) is 7.44. The fourth-order valence-corrected chi connectivity index (χ4v) is 2.67. The Hall–Kier alpha value is 0.620. The highest BCUT2D eigenvalue weighted by atomic mass is 33.1. The van der Waals surface area contributed by atoms with Gasteiger partial charge in [0.15, 0.2) is 0 Å². The molecule has 2 nitrogen and oxygen atoms in total. The Labute approximate surface area is 90.4 Å². The van der Waals surface area contributed by atoms with E-state index in [9.17, 15) is 0 Å². The Kier molecular flexibility index (Phi) is 11.2. The van der Waals surface area contributed by atoms with Crippen LogP contribution in [0.2, 0.25) is 0 Å². The van der Waals surface area contributed by atoms with E-state index in [2.05, 4.69) is 31.4 Å². The lowest BCUT2D eigenvalue weighted by molar-refractivity contribution is 0.616. The summed E-state index contributed by atoms with van der Waals surface area (Å²) in [5.41, 5.74) is 0. The van der Waals surface area contributed by atoms with Gasteiger partial charge in [-0.1, -0.05) is 42.4 Å². The van der Waals surface area contributed by atoms with E-state index in [1.165, 1.54) is 11.5 Å². The van der Waals surface area contributed by atoms with E-state index in [1.54, 1.807) is 0 Å². The molecule has 13 heavy (non-hydrogen) atoms. The molecule has 0 amide bonds. The van der Waals surface area contributed by atoms with Crippen LogP contribution in [0.4, 0.5) is 0 Å². The van der Waals surface area contributed by atoms with Crippen LogP contribution in [0.1, 0.15) is 20.8 Å². The van der Waals surface area contributed by atoms with Gasteiger partial charge in [0, 0.05) is 30.6 Å². The highest BCUT2D eigenvalue weighted by Gasteiger charge is 1.92. The fraction of sp³-hybridized carbons (Fsp3) is 1.00. The van der Waals surface area contributed by atoms with E-state index in [0.29, 0.717) is 6.04 Å². The monoisotopic (exact) mass is 222 g/mol. The zero-order chi connectivity index (χ0) is 9.94. The van der Waals surface area contributed by atoms with Gasteiger partial charge in [0.25, 0.3) is 0 Å². The standard InChI is InChI=1S/C9H22N2S2/c1-4-10-5-7-12-13-8-6-11-9(2)3/h9-11H,4-8H2,1-3H3. The second-order valence-electron chi connectivity index (χ2n) is 3.11. The van der Waals surface area contributed by atoms with E-state index < -0.39 is 0 Å². The van der Waals surface area contributed by atoms with Crippen molar-refractivity contribution in [1.29, 1.82) is 0 Å². The van der Waals surface area contributed by atoms with Crippen molar-refractivity contribution in [2.75, 3.05) is 31.1 Å². The van der Waals surface area contributed by atoms with Crippen molar-refractivity contribution in [1.82, 2.24) is 10.6 Å². The van der Waals surface area contributed by atoms with Crippen LogP contribution in [-0.2, 0) is 0 Å². The normalized spacial score (nSPS) is 11.1. The van der Waals surface area contributed by atoms with Crippen LogP contribution < -0.4 is 10.6 Å². The van der Waals surface area contributed by atoms with Gasteiger partial charge in [0.2, 0.25) is 0 Å². The topological polar surface area (TPSA) is 24.1 Å². The average Bonchev–Trinajstić information content (AvgIpc) is 2.09. The van der Waals surface area contributed by atoms with Gasteiger partial charge in [0.05, 0.1) is 0 Å². The second kappa shape index (κ2) is 10.7. The number of hydrogen-bond donors (Lipinski definition) is 2. The predicted octanol–water partition coefficient (Wildman–Crippen LogP) is 1.98. The van der Waals surface area contributed by atoms with Crippen molar-refractivity contribution >= 4 is 21.6 Å². The van der Waals surface area contributed by atoms with Gasteiger partial charge in [-0.15, -0.1) is 0 Å². The van der Waals surface area contributed by atoms with Crippen LogP contribution in [0.15, 0.2) is 0 Å². The maximum absolute atomic E-state index is 3.40. The largest absolute Gasteiger partial charge is 0.316 e. The second-order valence-corrected chi connectivity index (χ2v) is 5.81. The maximum Gasteiger partial charge on any atom is 0.0162 e. The number of nitrogens with one attached hydrogen (secondary N) is 2. The van der Waals surface area contributed by atoms with Crippen LogP contribution in [0.25, 0.3) is 0 Å². The molecule has 0 rings (SSSR count). The van der Waals surface area contributed by atoms with Crippen molar-refractivity contribution in [3.63, 3.8) is 0 Å². The molecule has 4 heteroatoms. The van der Waals surface area contributed by atoms with Crippen molar-refractivity contribution in [2.24, 2.45) is 0 Å². The summed E-state index contributed by atoms with van der Waals surface area (Å²) in [7, 11) is 3.92. The summed E-state index contributed by atoms with van der Waals surface area (Å²) >= 11 is 0. The third-order valence-corrected chi connectivity index (χ3v) is 3.84. The van der Waals surface area contributed by atoms with Crippen LogP contribution in [0, 0.1) is 0 Å². The van der Waals surface area contributed by atoms with Gasteiger partial charge in [-0.2, -0.15) is 0 Å². The van der Waals surface area contributed by atoms with Crippen molar-refractivity contribution < 1.29 is 0 Å². The van der Waals surface area contributed by atoms with Crippen molar-refractivity contribution in [3.05, 3.63) is 0 Å². The fourth-order valence-electron chi connectivity index (χ4n) is 0.798. The van der Waals surface area contributed by atoms with Crippen LogP contribution in [-0.4, -0.2) is 37.2 Å². The zero-order valence-corrected chi connectivity index (χ0v) is 10.6. The van der Waals surface area contributed by atoms with E-state index in [1.807, 2.05) is 21.6 Å². The van der Waals surface area contributed by atoms with Crippen molar-refractivity contribution in [3.8, 4) is 0 Å². The Bertz CT molecular complexity index is 99.6. The van der Waals surface area contributed by atoms with E-state index in [4.69, 9.17) is 0 Å². The summed E-state index contributed by atoms with van der Waals surface area (Å²) in [6, 6.07) is 0.618. The third-order valence-electron chi connectivity index (χ3n) is 1.43. The first-order chi connectivity index (χ1) is 6.27. The Morgan fingerprint density at radius 1 is 1.08 bits per heavy atom. The molecule has 2 N–H and O–H groups in total. The smallest absolute Gasteiger partial charge is 0.0162 e. The average molecular weight is 222 g/mol. The lowest BCUT2D eigenvalue weighted by Gasteiger charge is -2.06. The molecule has 0 saturated heterocycles. The molecule has 0 aromatic rings. The third kappa shape index (κ3) is 12.6. The van der Waals surface area contributed by atoms with Gasteiger partial charge in [-0.3, -0.25) is 0 Å². The highest BCUT2D eigenvalue weighted by molar-refractivity contribution is 8.76. The maximum atomic E-state index is 3.40. The molecular formula is C9H22N2S2. The molecule has 0 aliphatic heterocycles. The number of hydrogen-bond acceptors (Lipinski definition) is 4. The Morgan fingerprint density at radius 2 is 1.69 bits per heavy atom. The molecule has 0 unspecified atom stereocenters. The highest BCUT2D eigenvalue weighted by Crippen LogP contribution is 2.19. The summed E-state index contributed by atoms with van der Waals surface area (Å²) < 4.78 is 0. The Balaban J connectivity index is 2.84. The molecule has 0 radical (unpaired) electrons. The summed E-state index contributed by atoms with van der Waals surface area (Å²) in [5, 5.41) is 6.71. The van der Waals surface area contributed by atoms with Crippen LogP contribution in [0.5, 0.6) is 0 Å². The number of rotatable bonds is 9. The molecule has 0 aliphatic rings. The van der Waals surface area contributed by atoms with Gasteiger partial charge < -0.3 is 10.6 Å². The van der Waals surface area contributed by atoms with E-state index >= 15 is 0 Å². The minimum atomic E-state index is 0.618. The predicted molar refractivity (Wildman–Crippen MR) is 66.6 cm³/mol. The minimum Gasteiger partial charge on any atom is -0.316 e. The summed E-state index contributed by atoms with van der Waals surface area (Å²) in [6.45, 7) is 9.85. The van der Waals surface area contributed by atoms with Crippen LogP contribution in [0.3, 0.4) is 0 Å². The molecule has 80 valence electrons. The summed E-state index contributed by atoms with van der Waals surface area (Å²) in [5.74, 6) is 2.41. The molecule has 0 saturated carbocycles. The lowest BCUT2D eigenvalue weighted by Crippen LogP contribution is -2.24. The first-order valence-electron chi connectivity index (χ1n) is 4.96. The molecule has 0 fully saturated rings. The Morgan fingerprint density at radius 3 is 2.23 bits per heavy atom. The van der Waals surface area contributed by atoms with E-state index in [-0.39, 0.29) is 0 Å². The summed E-state index contributed by atoms with van der Waals surface area (Å²) in [4.78, 5) is 0. The molecule has 0 aromatic heterocycles. The molecule has 0 spiro atoms. The molecule has 0 aromatic carbocycles. The molecule has 0 heterocycles. The van der Waals surface area contributed by atoms with Gasteiger partial charge in [0.1, 0.15) is 0 Å². The van der Waals surface area contributed by atoms with Gasteiger partial charge in [-0.05, 0) is 6.54 Å². The zero-order valence-electron chi connectivity index (χ0n) is 8.93.